The molecule has 0 saturated heterocycles. The molecule has 1 amide bonds. The zero-order valence-corrected chi connectivity index (χ0v) is 12.2. The molecule has 19 heavy (non-hydrogen) atoms. The van der Waals surface area contributed by atoms with Crippen molar-refractivity contribution in [3.8, 4) is 0 Å². The normalized spacial score (nSPS) is 10.1. The van der Waals surface area contributed by atoms with Crippen molar-refractivity contribution in [1.29, 1.82) is 0 Å². The maximum absolute atomic E-state index is 11.6. The van der Waals surface area contributed by atoms with Gasteiger partial charge in [0.15, 0.2) is 0 Å². The van der Waals surface area contributed by atoms with E-state index in [-0.39, 0.29) is 5.91 Å². The Morgan fingerprint density at radius 2 is 2.16 bits per heavy atom. The van der Waals surface area contributed by atoms with Crippen LogP contribution in [0.15, 0.2) is 6.20 Å². The second kappa shape index (κ2) is 7.56. The van der Waals surface area contributed by atoms with Gasteiger partial charge in [0.2, 0.25) is 11.9 Å². The van der Waals surface area contributed by atoms with Crippen molar-refractivity contribution in [2.45, 2.75) is 27.2 Å². The lowest BCUT2D eigenvalue weighted by atomic mass is 10.3. The second-order valence-electron chi connectivity index (χ2n) is 4.33. The van der Waals surface area contributed by atoms with Crippen LogP contribution in [0.3, 0.4) is 0 Å². The number of amides is 1. The van der Waals surface area contributed by atoms with Crippen LogP contribution >= 0.6 is 0 Å². The Morgan fingerprint density at radius 3 is 2.74 bits per heavy atom. The van der Waals surface area contributed by atoms with E-state index in [4.69, 9.17) is 0 Å². The van der Waals surface area contributed by atoms with Gasteiger partial charge in [0.1, 0.15) is 5.82 Å². The number of nitrogens with one attached hydrogen (secondary N) is 2. The number of hydrogen-bond donors (Lipinski definition) is 2. The predicted molar refractivity (Wildman–Crippen MR) is 77.5 cm³/mol. The Hall–Kier alpha value is -1.85. The number of aryl methyl sites for hydroxylation is 1. The lowest BCUT2D eigenvalue weighted by molar-refractivity contribution is -0.119. The molecule has 1 aromatic heterocycles. The van der Waals surface area contributed by atoms with Gasteiger partial charge < -0.3 is 15.5 Å². The van der Waals surface area contributed by atoms with Crippen molar-refractivity contribution >= 4 is 17.7 Å². The second-order valence-corrected chi connectivity index (χ2v) is 4.33. The first-order valence-corrected chi connectivity index (χ1v) is 6.65. The molecule has 0 bridgehead atoms. The molecule has 0 aliphatic rings. The third kappa shape index (κ3) is 4.39. The van der Waals surface area contributed by atoms with Crippen molar-refractivity contribution in [3.05, 3.63) is 11.8 Å². The zero-order chi connectivity index (χ0) is 14.3. The molecule has 6 nitrogen and oxygen atoms in total. The van der Waals surface area contributed by atoms with Crippen LogP contribution in [0.4, 0.5) is 11.8 Å². The number of carbonyl (C=O) groups excluding carboxylic acids is 1. The van der Waals surface area contributed by atoms with E-state index in [0.717, 1.165) is 30.9 Å². The maximum atomic E-state index is 11.6. The highest BCUT2D eigenvalue weighted by Gasteiger charge is 2.14. The quantitative estimate of drug-likeness (QED) is 0.774. The molecule has 0 atom stereocenters. The molecule has 6 heteroatoms. The fourth-order valence-corrected chi connectivity index (χ4v) is 1.78. The van der Waals surface area contributed by atoms with Gasteiger partial charge in [0.05, 0.1) is 6.54 Å². The Kier molecular flexibility index (Phi) is 6.05. The van der Waals surface area contributed by atoms with Crippen LogP contribution in [-0.4, -0.2) is 42.6 Å². The highest BCUT2D eigenvalue weighted by atomic mass is 16.1. The van der Waals surface area contributed by atoms with Crippen molar-refractivity contribution < 1.29 is 4.79 Å². The van der Waals surface area contributed by atoms with Gasteiger partial charge in [-0.3, -0.25) is 4.79 Å². The third-order valence-electron chi connectivity index (χ3n) is 2.69. The van der Waals surface area contributed by atoms with Crippen molar-refractivity contribution in [2.24, 2.45) is 0 Å². The number of likely N-dealkylation sites (N-methyl/N-ethyl adjacent to an activating group) is 1. The summed E-state index contributed by atoms with van der Waals surface area (Å²) in [5.74, 6) is 1.40. The summed E-state index contributed by atoms with van der Waals surface area (Å²) in [6.45, 7) is 7.91. The Morgan fingerprint density at radius 1 is 1.42 bits per heavy atom. The average Bonchev–Trinajstić information content (AvgIpc) is 2.40. The fraction of sp³-hybridized carbons (Fsp3) is 0.615. The van der Waals surface area contributed by atoms with E-state index in [1.54, 1.807) is 13.2 Å². The molecule has 0 unspecified atom stereocenters. The molecule has 1 aromatic rings. The lowest BCUT2D eigenvalue weighted by Crippen LogP contribution is -2.37. The highest BCUT2D eigenvalue weighted by molar-refractivity contribution is 5.81. The Bertz CT molecular complexity index is 421. The molecule has 0 radical (unpaired) electrons. The largest absolute Gasteiger partial charge is 0.358 e. The van der Waals surface area contributed by atoms with E-state index in [0.29, 0.717) is 12.5 Å². The smallest absolute Gasteiger partial charge is 0.239 e. The van der Waals surface area contributed by atoms with E-state index in [9.17, 15) is 4.79 Å². The van der Waals surface area contributed by atoms with Crippen LogP contribution in [0.5, 0.6) is 0 Å². The number of rotatable bonds is 7. The van der Waals surface area contributed by atoms with Crippen LogP contribution in [0.25, 0.3) is 0 Å². The van der Waals surface area contributed by atoms with Gasteiger partial charge in [-0.1, -0.05) is 6.92 Å². The molecule has 2 N–H and O–H groups in total. The molecule has 0 saturated carbocycles. The van der Waals surface area contributed by atoms with Crippen molar-refractivity contribution in [3.63, 3.8) is 0 Å². The van der Waals surface area contributed by atoms with Crippen molar-refractivity contribution in [2.75, 3.05) is 36.9 Å². The summed E-state index contributed by atoms with van der Waals surface area (Å²) in [7, 11) is 1.64. The molecule has 1 heterocycles. The predicted octanol–water partition coefficient (Wildman–Crippen LogP) is 1.18. The highest BCUT2D eigenvalue weighted by Crippen LogP contribution is 2.18. The maximum Gasteiger partial charge on any atom is 0.239 e. The summed E-state index contributed by atoms with van der Waals surface area (Å²) in [6, 6.07) is 0. The number of carbonyl (C=O) groups is 1. The SMILES string of the molecule is CCCN(CC(=O)NC)c1nc(NCC)ncc1C. The Balaban J connectivity index is 2.99. The van der Waals surface area contributed by atoms with Crippen molar-refractivity contribution in [1.82, 2.24) is 15.3 Å². The molecule has 0 spiro atoms. The molecule has 0 aromatic carbocycles. The summed E-state index contributed by atoms with van der Waals surface area (Å²) in [6.07, 6.45) is 2.74. The first kappa shape index (κ1) is 15.2. The van der Waals surface area contributed by atoms with Crippen LogP contribution in [0.1, 0.15) is 25.8 Å². The lowest BCUT2D eigenvalue weighted by Gasteiger charge is -2.24. The molecule has 0 aliphatic heterocycles. The molecule has 106 valence electrons. The fourth-order valence-electron chi connectivity index (χ4n) is 1.78. The van der Waals surface area contributed by atoms with Crippen LogP contribution in [0, 0.1) is 6.92 Å². The monoisotopic (exact) mass is 265 g/mol. The summed E-state index contributed by atoms with van der Waals surface area (Å²) >= 11 is 0. The van der Waals surface area contributed by atoms with E-state index in [1.807, 2.05) is 18.7 Å². The minimum absolute atomic E-state index is 0.0172. The minimum atomic E-state index is -0.0172. The number of hydrogen-bond acceptors (Lipinski definition) is 5. The molecular weight excluding hydrogens is 242 g/mol. The van der Waals surface area contributed by atoms with Gasteiger partial charge in [-0.15, -0.1) is 0 Å². The van der Waals surface area contributed by atoms with E-state index < -0.39 is 0 Å². The summed E-state index contributed by atoms with van der Waals surface area (Å²) in [5.41, 5.74) is 0.971. The number of aromatic nitrogens is 2. The van der Waals surface area contributed by atoms with Crippen LogP contribution in [-0.2, 0) is 4.79 Å². The minimum Gasteiger partial charge on any atom is -0.358 e. The standard InChI is InChI=1S/C13H23N5O/c1-5-7-18(9-11(19)14-4)12-10(3)8-16-13(17-12)15-6-2/h8H,5-7,9H2,1-4H3,(H,14,19)(H,15,16,17). The van der Waals surface area contributed by atoms with Gasteiger partial charge in [-0.05, 0) is 20.3 Å². The molecular formula is C13H23N5O. The first-order valence-electron chi connectivity index (χ1n) is 6.65. The molecule has 1 rings (SSSR count). The topological polar surface area (TPSA) is 70.2 Å². The summed E-state index contributed by atoms with van der Waals surface area (Å²) < 4.78 is 0. The van der Waals surface area contributed by atoms with E-state index in [1.165, 1.54) is 0 Å². The van der Waals surface area contributed by atoms with Gasteiger partial charge in [0, 0.05) is 31.9 Å². The third-order valence-corrected chi connectivity index (χ3v) is 2.69. The number of nitrogens with zero attached hydrogens (tertiary/aromatic N) is 3. The molecule has 0 fully saturated rings. The van der Waals surface area contributed by atoms with E-state index >= 15 is 0 Å². The molecule has 0 aliphatic carbocycles. The first-order chi connectivity index (χ1) is 9.12. The van der Waals surface area contributed by atoms with Gasteiger partial charge in [-0.2, -0.15) is 4.98 Å². The summed E-state index contributed by atoms with van der Waals surface area (Å²) in [5, 5.41) is 5.73. The van der Waals surface area contributed by atoms with Crippen LogP contribution in [0.2, 0.25) is 0 Å². The van der Waals surface area contributed by atoms with Crippen LogP contribution < -0.4 is 15.5 Å². The van der Waals surface area contributed by atoms with Gasteiger partial charge in [-0.25, -0.2) is 4.98 Å². The average molecular weight is 265 g/mol. The van der Waals surface area contributed by atoms with E-state index in [2.05, 4.69) is 27.5 Å². The summed E-state index contributed by atoms with van der Waals surface area (Å²) in [4.78, 5) is 22.3. The van der Waals surface area contributed by atoms with Gasteiger partial charge >= 0.3 is 0 Å². The zero-order valence-electron chi connectivity index (χ0n) is 12.2. The number of anilines is 2. The van der Waals surface area contributed by atoms with Gasteiger partial charge in [0.25, 0.3) is 0 Å². The Labute approximate surface area is 114 Å².